The van der Waals surface area contributed by atoms with E-state index in [0.29, 0.717) is 6.04 Å². The van der Waals surface area contributed by atoms with Gasteiger partial charge in [-0.3, -0.25) is 0 Å². The highest BCUT2D eigenvalue weighted by atomic mass is 15.0. The van der Waals surface area contributed by atoms with E-state index in [9.17, 15) is 0 Å². The van der Waals surface area contributed by atoms with Crippen LogP contribution in [0, 0.1) is 11.8 Å². The van der Waals surface area contributed by atoms with E-state index in [1.54, 1.807) is 0 Å². The van der Waals surface area contributed by atoms with Gasteiger partial charge >= 0.3 is 0 Å². The van der Waals surface area contributed by atoms with Crippen molar-refractivity contribution in [2.75, 3.05) is 0 Å². The average molecular weight is 221 g/mol. The largest absolute Gasteiger partial charge is 0.311 e. The van der Waals surface area contributed by atoms with E-state index < -0.39 is 0 Å². The fraction of sp³-hybridized carbons (Fsp3) is 0.867. The average Bonchev–Trinajstić information content (AvgIpc) is 3.11. The van der Waals surface area contributed by atoms with Crippen LogP contribution in [0.3, 0.4) is 0 Å². The van der Waals surface area contributed by atoms with Crippen LogP contribution in [0.1, 0.15) is 58.3 Å². The standard InChI is InChI=1S/C15H27N/c1-3-7-12(2)16-15(14-10-11-14)13-8-5-4-6-9-13/h3,12-16H,1,4-11H2,2H3. The first kappa shape index (κ1) is 12.2. The summed E-state index contributed by atoms with van der Waals surface area (Å²) in [6.45, 7) is 6.15. The Morgan fingerprint density at radius 3 is 2.31 bits per heavy atom. The first-order valence-electron chi connectivity index (χ1n) is 7.18. The van der Waals surface area contributed by atoms with Gasteiger partial charge < -0.3 is 5.32 Å². The first-order chi connectivity index (χ1) is 7.81. The monoisotopic (exact) mass is 221 g/mol. The summed E-state index contributed by atoms with van der Waals surface area (Å²) in [5, 5.41) is 3.88. The molecule has 92 valence electrons. The lowest BCUT2D eigenvalue weighted by molar-refractivity contribution is 0.233. The zero-order chi connectivity index (χ0) is 11.4. The molecule has 0 aromatic carbocycles. The van der Waals surface area contributed by atoms with Crippen molar-refractivity contribution in [3.8, 4) is 0 Å². The molecule has 0 spiro atoms. The Morgan fingerprint density at radius 2 is 1.75 bits per heavy atom. The van der Waals surface area contributed by atoms with E-state index in [1.807, 2.05) is 6.08 Å². The summed E-state index contributed by atoms with van der Waals surface area (Å²) < 4.78 is 0. The summed E-state index contributed by atoms with van der Waals surface area (Å²) in [6, 6.07) is 1.43. The van der Waals surface area contributed by atoms with E-state index in [-0.39, 0.29) is 0 Å². The SMILES string of the molecule is C=CCC(C)NC(C1CCCCC1)C1CC1. The molecule has 0 bridgehead atoms. The number of hydrogen-bond acceptors (Lipinski definition) is 1. The van der Waals surface area contributed by atoms with E-state index in [1.165, 1.54) is 44.9 Å². The van der Waals surface area contributed by atoms with Crippen LogP contribution in [0.5, 0.6) is 0 Å². The molecular weight excluding hydrogens is 194 g/mol. The molecule has 1 heteroatoms. The fourth-order valence-corrected chi connectivity index (χ4v) is 3.25. The summed E-state index contributed by atoms with van der Waals surface area (Å²) in [4.78, 5) is 0. The molecule has 2 aliphatic rings. The predicted molar refractivity (Wildman–Crippen MR) is 70.5 cm³/mol. The molecule has 0 aliphatic heterocycles. The molecule has 0 heterocycles. The van der Waals surface area contributed by atoms with Gasteiger partial charge in [-0.1, -0.05) is 25.3 Å². The maximum Gasteiger partial charge on any atom is 0.0126 e. The van der Waals surface area contributed by atoms with E-state index in [4.69, 9.17) is 0 Å². The van der Waals surface area contributed by atoms with Crippen molar-refractivity contribution in [1.82, 2.24) is 5.32 Å². The minimum absolute atomic E-state index is 0.616. The van der Waals surface area contributed by atoms with E-state index in [2.05, 4.69) is 18.8 Å². The molecule has 2 saturated carbocycles. The zero-order valence-electron chi connectivity index (χ0n) is 10.8. The lowest BCUT2D eigenvalue weighted by Crippen LogP contribution is -2.43. The van der Waals surface area contributed by atoms with Crippen molar-refractivity contribution in [3.05, 3.63) is 12.7 Å². The van der Waals surface area contributed by atoms with Crippen molar-refractivity contribution in [1.29, 1.82) is 0 Å². The molecule has 0 aromatic heterocycles. The van der Waals surface area contributed by atoms with Crippen LogP contribution in [0.2, 0.25) is 0 Å². The topological polar surface area (TPSA) is 12.0 Å². The third-order valence-corrected chi connectivity index (χ3v) is 4.28. The Morgan fingerprint density at radius 1 is 1.12 bits per heavy atom. The predicted octanol–water partition coefficient (Wildman–Crippen LogP) is 3.90. The Labute approximate surface area is 101 Å². The van der Waals surface area contributed by atoms with E-state index in [0.717, 1.165) is 24.3 Å². The number of rotatable bonds is 6. The summed E-state index contributed by atoms with van der Waals surface area (Å²) in [6.07, 6.45) is 13.4. The Kier molecular flexibility index (Phi) is 4.45. The number of nitrogens with one attached hydrogen (secondary N) is 1. The molecule has 2 rings (SSSR count). The van der Waals surface area contributed by atoms with Gasteiger partial charge in [-0.25, -0.2) is 0 Å². The molecule has 0 radical (unpaired) electrons. The molecule has 0 amide bonds. The van der Waals surface area contributed by atoms with Gasteiger partial charge in [0.15, 0.2) is 0 Å². The molecular formula is C15H27N. The lowest BCUT2D eigenvalue weighted by atomic mass is 9.81. The van der Waals surface area contributed by atoms with Crippen molar-refractivity contribution in [3.63, 3.8) is 0 Å². The van der Waals surface area contributed by atoms with Crippen LogP contribution < -0.4 is 5.32 Å². The Bertz CT molecular complexity index is 213. The van der Waals surface area contributed by atoms with Gasteiger partial charge in [0.1, 0.15) is 0 Å². The van der Waals surface area contributed by atoms with Crippen LogP contribution in [0.25, 0.3) is 0 Å². The quantitative estimate of drug-likeness (QED) is 0.671. The van der Waals surface area contributed by atoms with Gasteiger partial charge in [0.2, 0.25) is 0 Å². The maximum absolute atomic E-state index is 3.88. The van der Waals surface area contributed by atoms with Gasteiger partial charge in [-0.2, -0.15) is 0 Å². The van der Waals surface area contributed by atoms with Crippen molar-refractivity contribution in [2.45, 2.75) is 70.4 Å². The molecule has 0 aromatic rings. The molecule has 1 nitrogen and oxygen atoms in total. The fourth-order valence-electron chi connectivity index (χ4n) is 3.25. The van der Waals surface area contributed by atoms with Crippen molar-refractivity contribution in [2.24, 2.45) is 11.8 Å². The van der Waals surface area contributed by atoms with Crippen LogP contribution in [0.4, 0.5) is 0 Å². The minimum Gasteiger partial charge on any atom is -0.311 e. The molecule has 1 N–H and O–H groups in total. The van der Waals surface area contributed by atoms with Gasteiger partial charge in [-0.05, 0) is 50.9 Å². The van der Waals surface area contributed by atoms with Crippen LogP contribution >= 0.6 is 0 Å². The highest BCUT2D eigenvalue weighted by Crippen LogP contribution is 2.40. The van der Waals surface area contributed by atoms with Gasteiger partial charge in [0.25, 0.3) is 0 Å². The molecule has 2 fully saturated rings. The Balaban J connectivity index is 1.85. The molecule has 0 saturated heterocycles. The second-order valence-electron chi connectivity index (χ2n) is 5.85. The minimum atomic E-state index is 0.616. The summed E-state index contributed by atoms with van der Waals surface area (Å²) in [5.41, 5.74) is 0. The summed E-state index contributed by atoms with van der Waals surface area (Å²) >= 11 is 0. The van der Waals surface area contributed by atoms with Gasteiger partial charge in [-0.15, -0.1) is 6.58 Å². The molecule has 2 atom stereocenters. The van der Waals surface area contributed by atoms with Crippen LogP contribution in [-0.4, -0.2) is 12.1 Å². The second kappa shape index (κ2) is 5.86. The lowest BCUT2D eigenvalue weighted by Gasteiger charge is -2.33. The van der Waals surface area contributed by atoms with Crippen LogP contribution in [-0.2, 0) is 0 Å². The zero-order valence-corrected chi connectivity index (χ0v) is 10.8. The number of hydrogen-bond donors (Lipinski definition) is 1. The second-order valence-corrected chi connectivity index (χ2v) is 5.85. The molecule has 2 aliphatic carbocycles. The highest BCUT2D eigenvalue weighted by molar-refractivity contribution is 4.93. The molecule has 2 unspecified atom stereocenters. The molecule has 16 heavy (non-hydrogen) atoms. The smallest absolute Gasteiger partial charge is 0.0126 e. The van der Waals surface area contributed by atoms with E-state index >= 15 is 0 Å². The third kappa shape index (κ3) is 3.35. The Hall–Kier alpha value is -0.300. The van der Waals surface area contributed by atoms with Crippen molar-refractivity contribution >= 4 is 0 Å². The highest BCUT2D eigenvalue weighted by Gasteiger charge is 2.37. The van der Waals surface area contributed by atoms with Gasteiger partial charge in [0.05, 0.1) is 0 Å². The van der Waals surface area contributed by atoms with Crippen LogP contribution in [0.15, 0.2) is 12.7 Å². The summed E-state index contributed by atoms with van der Waals surface area (Å²) in [5.74, 6) is 1.96. The first-order valence-corrected chi connectivity index (χ1v) is 7.18. The van der Waals surface area contributed by atoms with Crippen molar-refractivity contribution < 1.29 is 0 Å². The normalized spacial score (nSPS) is 26.3. The van der Waals surface area contributed by atoms with Gasteiger partial charge in [0, 0.05) is 12.1 Å². The maximum atomic E-state index is 3.88. The third-order valence-electron chi connectivity index (χ3n) is 4.28. The summed E-state index contributed by atoms with van der Waals surface area (Å²) in [7, 11) is 0.